The number of nitrogens with zero attached hydrogens (tertiary/aromatic N) is 5. The van der Waals surface area contributed by atoms with E-state index in [4.69, 9.17) is 5.73 Å². The lowest BCUT2D eigenvalue weighted by Crippen LogP contribution is -2.49. The van der Waals surface area contributed by atoms with Gasteiger partial charge in [-0.25, -0.2) is 9.50 Å². The van der Waals surface area contributed by atoms with Gasteiger partial charge < -0.3 is 10.6 Å². The third-order valence-corrected chi connectivity index (χ3v) is 3.87. The van der Waals surface area contributed by atoms with Crippen LogP contribution in [0.1, 0.15) is 16.1 Å². The van der Waals surface area contributed by atoms with E-state index in [1.54, 1.807) is 23.0 Å². The Bertz CT molecular complexity index is 644. The average molecular weight is 288 g/mol. The molecular formula is C14H20N6O. The predicted octanol–water partition coefficient (Wildman–Crippen LogP) is -0.246. The lowest BCUT2D eigenvalue weighted by Gasteiger charge is -2.34. The Morgan fingerprint density at radius 2 is 2.10 bits per heavy atom. The van der Waals surface area contributed by atoms with Gasteiger partial charge in [-0.15, -0.1) is 0 Å². The third kappa shape index (κ3) is 2.74. The number of hydrogen-bond donors (Lipinski definition) is 1. The summed E-state index contributed by atoms with van der Waals surface area (Å²) in [5, 5.41) is 4.17. The van der Waals surface area contributed by atoms with Crippen LogP contribution in [-0.2, 0) is 0 Å². The Labute approximate surface area is 123 Å². The topological polar surface area (TPSA) is 79.8 Å². The van der Waals surface area contributed by atoms with Crippen LogP contribution >= 0.6 is 0 Å². The zero-order chi connectivity index (χ0) is 14.8. The molecule has 0 saturated carbocycles. The van der Waals surface area contributed by atoms with Gasteiger partial charge in [0.1, 0.15) is 5.69 Å². The highest BCUT2D eigenvalue weighted by molar-refractivity contribution is 5.92. The van der Waals surface area contributed by atoms with Crippen molar-refractivity contribution in [2.24, 2.45) is 5.73 Å². The second kappa shape index (κ2) is 5.79. The number of fused-ring (bicyclic) bond motifs is 1. The molecule has 1 amide bonds. The maximum atomic E-state index is 12.5. The Kier molecular flexibility index (Phi) is 3.85. The molecule has 0 unspecified atom stereocenters. The van der Waals surface area contributed by atoms with E-state index in [9.17, 15) is 4.79 Å². The van der Waals surface area contributed by atoms with Crippen LogP contribution < -0.4 is 5.73 Å². The minimum atomic E-state index is -0.00880. The fourth-order valence-corrected chi connectivity index (χ4v) is 2.62. The second-order valence-electron chi connectivity index (χ2n) is 5.33. The second-order valence-corrected chi connectivity index (χ2v) is 5.33. The van der Waals surface area contributed by atoms with E-state index in [-0.39, 0.29) is 5.91 Å². The van der Waals surface area contributed by atoms with E-state index in [0.717, 1.165) is 43.9 Å². The summed E-state index contributed by atoms with van der Waals surface area (Å²) in [5.74, 6) is -0.00880. The van der Waals surface area contributed by atoms with Crippen molar-refractivity contribution in [3.8, 4) is 0 Å². The lowest BCUT2D eigenvalue weighted by molar-refractivity contribution is 0.0635. The summed E-state index contributed by atoms with van der Waals surface area (Å²) < 4.78 is 1.69. The minimum Gasteiger partial charge on any atom is -0.335 e. The molecule has 0 aliphatic carbocycles. The summed E-state index contributed by atoms with van der Waals surface area (Å²) in [7, 11) is 0. The van der Waals surface area contributed by atoms with Gasteiger partial charge in [0.15, 0.2) is 5.65 Å². The van der Waals surface area contributed by atoms with Crippen LogP contribution in [0.25, 0.3) is 5.65 Å². The van der Waals surface area contributed by atoms with Crippen molar-refractivity contribution in [1.29, 1.82) is 0 Å². The maximum absolute atomic E-state index is 12.5. The SMILES string of the molecule is Cc1cnn2ccc(C(=O)N3CCN(CCN)CC3)nc12. The quantitative estimate of drug-likeness (QED) is 0.843. The van der Waals surface area contributed by atoms with E-state index in [1.165, 1.54) is 0 Å². The number of nitrogens with two attached hydrogens (primary N) is 1. The van der Waals surface area contributed by atoms with Crippen LogP contribution in [0.15, 0.2) is 18.5 Å². The van der Waals surface area contributed by atoms with Gasteiger partial charge in [-0.2, -0.15) is 5.10 Å². The number of carbonyl (C=O) groups is 1. The van der Waals surface area contributed by atoms with E-state index < -0.39 is 0 Å². The largest absolute Gasteiger partial charge is 0.335 e. The molecule has 1 aliphatic heterocycles. The summed E-state index contributed by atoms with van der Waals surface area (Å²) in [6, 6.07) is 1.73. The first-order valence-electron chi connectivity index (χ1n) is 7.22. The number of rotatable bonds is 3. The molecule has 3 rings (SSSR count). The van der Waals surface area contributed by atoms with Gasteiger partial charge in [-0.1, -0.05) is 0 Å². The molecule has 0 bridgehead atoms. The van der Waals surface area contributed by atoms with Gasteiger partial charge in [0.2, 0.25) is 0 Å². The fourth-order valence-electron chi connectivity index (χ4n) is 2.62. The van der Waals surface area contributed by atoms with Crippen LogP contribution in [0.3, 0.4) is 0 Å². The molecule has 21 heavy (non-hydrogen) atoms. The summed E-state index contributed by atoms with van der Waals surface area (Å²) >= 11 is 0. The molecule has 2 aromatic heterocycles. The number of aromatic nitrogens is 3. The monoisotopic (exact) mass is 288 g/mol. The maximum Gasteiger partial charge on any atom is 0.272 e. The molecule has 2 aromatic rings. The number of carbonyl (C=O) groups excluding carboxylic acids is 1. The Balaban J connectivity index is 1.73. The molecule has 3 heterocycles. The zero-order valence-corrected chi connectivity index (χ0v) is 12.2. The molecule has 7 nitrogen and oxygen atoms in total. The molecule has 112 valence electrons. The summed E-state index contributed by atoms with van der Waals surface area (Å²) in [4.78, 5) is 21.1. The van der Waals surface area contributed by atoms with Gasteiger partial charge >= 0.3 is 0 Å². The van der Waals surface area contributed by atoms with E-state index in [2.05, 4.69) is 15.0 Å². The van der Waals surface area contributed by atoms with Crippen LogP contribution in [0, 0.1) is 6.92 Å². The molecular weight excluding hydrogens is 268 g/mol. The molecule has 1 fully saturated rings. The molecule has 7 heteroatoms. The molecule has 1 aliphatic rings. The normalized spacial score (nSPS) is 16.6. The van der Waals surface area contributed by atoms with Crippen LogP contribution in [0.5, 0.6) is 0 Å². The van der Waals surface area contributed by atoms with Crippen molar-refractivity contribution in [3.05, 3.63) is 29.7 Å². The van der Waals surface area contributed by atoms with Crippen molar-refractivity contribution in [2.45, 2.75) is 6.92 Å². The van der Waals surface area contributed by atoms with E-state index in [0.29, 0.717) is 12.2 Å². The zero-order valence-electron chi connectivity index (χ0n) is 12.2. The van der Waals surface area contributed by atoms with Gasteiger partial charge in [-0.3, -0.25) is 9.69 Å². The van der Waals surface area contributed by atoms with Gasteiger partial charge in [0, 0.05) is 51.0 Å². The van der Waals surface area contributed by atoms with Crippen molar-refractivity contribution >= 4 is 11.6 Å². The lowest BCUT2D eigenvalue weighted by atomic mass is 10.2. The number of aryl methyl sites for hydroxylation is 1. The molecule has 0 radical (unpaired) electrons. The highest BCUT2D eigenvalue weighted by Gasteiger charge is 2.22. The van der Waals surface area contributed by atoms with Crippen LogP contribution in [-0.4, -0.2) is 69.6 Å². The van der Waals surface area contributed by atoms with Crippen molar-refractivity contribution < 1.29 is 4.79 Å². The number of amides is 1. The Hall–Kier alpha value is -1.99. The number of hydrogen-bond acceptors (Lipinski definition) is 5. The molecule has 0 atom stereocenters. The number of piperazine rings is 1. The highest BCUT2D eigenvalue weighted by atomic mass is 16.2. The van der Waals surface area contributed by atoms with Crippen molar-refractivity contribution in [1.82, 2.24) is 24.4 Å². The van der Waals surface area contributed by atoms with Crippen LogP contribution in [0.2, 0.25) is 0 Å². The fraction of sp³-hybridized carbons (Fsp3) is 0.500. The smallest absolute Gasteiger partial charge is 0.272 e. The standard InChI is InChI=1S/C14H20N6O/c1-11-10-16-20-4-2-12(17-13(11)20)14(21)19-8-6-18(5-3-15)7-9-19/h2,4,10H,3,5-9,15H2,1H3. The minimum absolute atomic E-state index is 0.00880. The van der Waals surface area contributed by atoms with Crippen molar-refractivity contribution in [2.75, 3.05) is 39.3 Å². The molecule has 1 saturated heterocycles. The van der Waals surface area contributed by atoms with Crippen LogP contribution in [0.4, 0.5) is 0 Å². The van der Waals surface area contributed by atoms with Gasteiger partial charge in [0.25, 0.3) is 5.91 Å². The predicted molar refractivity (Wildman–Crippen MR) is 79.1 cm³/mol. The summed E-state index contributed by atoms with van der Waals surface area (Å²) in [5.41, 5.74) is 7.75. The molecule has 0 spiro atoms. The Morgan fingerprint density at radius 1 is 1.33 bits per heavy atom. The van der Waals surface area contributed by atoms with E-state index in [1.807, 2.05) is 11.8 Å². The highest BCUT2D eigenvalue weighted by Crippen LogP contribution is 2.10. The molecule has 0 aromatic carbocycles. The third-order valence-electron chi connectivity index (χ3n) is 3.87. The summed E-state index contributed by atoms with van der Waals surface area (Å²) in [6.07, 6.45) is 3.54. The van der Waals surface area contributed by atoms with Crippen molar-refractivity contribution in [3.63, 3.8) is 0 Å². The summed E-state index contributed by atoms with van der Waals surface area (Å²) in [6.45, 7) is 6.69. The Morgan fingerprint density at radius 3 is 2.81 bits per heavy atom. The first kappa shape index (κ1) is 14.0. The first-order valence-corrected chi connectivity index (χ1v) is 7.22. The average Bonchev–Trinajstić information content (AvgIpc) is 2.89. The first-order chi connectivity index (χ1) is 10.2. The van der Waals surface area contributed by atoms with Gasteiger partial charge in [-0.05, 0) is 13.0 Å². The molecule has 2 N–H and O–H groups in total. The van der Waals surface area contributed by atoms with Gasteiger partial charge in [0.05, 0.1) is 6.20 Å². The van der Waals surface area contributed by atoms with E-state index >= 15 is 0 Å².